The van der Waals surface area contributed by atoms with E-state index in [0.29, 0.717) is 13.0 Å². The van der Waals surface area contributed by atoms with E-state index in [2.05, 4.69) is 21.9 Å². The molecule has 0 aromatic rings. The van der Waals surface area contributed by atoms with Crippen LogP contribution in [-0.4, -0.2) is 50.2 Å². The van der Waals surface area contributed by atoms with E-state index in [-0.39, 0.29) is 12.1 Å². The second-order valence-corrected chi connectivity index (χ2v) is 5.40. The Morgan fingerprint density at radius 2 is 1.95 bits per heavy atom. The lowest BCUT2D eigenvalue weighted by Gasteiger charge is -2.12. The number of hydrogen-bond donors (Lipinski definition) is 2. The number of nitrogens with one attached hydrogen (secondary N) is 2. The Labute approximate surface area is 121 Å². The lowest BCUT2D eigenvalue weighted by atomic mass is 10.3. The van der Waals surface area contributed by atoms with Gasteiger partial charge in [-0.3, -0.25) is 9.79 Å². The van der Waals surface area contributed by atoms with Gasteiger partial charge in [0.1, 0.15) is 0 Å². The molecular weight excluding hydrogens is 262 g/mol. The fraction of sp³-hybridized carbons (Fsp3) is 0.846. The van der Waals surface area contributed by atoms with E-state index in [4.69, 9.17) is 4.74 Å². The van der Waals surface area contributed by atoms with Crippen LogP contribution in [0.2, 0.25) is 0 Å². The van der Waals surface area contributed by atoms with Gasteiger partial charge in [0, 0.05) is 20.1 Å². The minimum absolute atomic E-state index is 0.0543. The first-order valence-corrected chi connectivity index (χ1v) is 8.12. The minimum Gasteiger partial charge on any atom is -0.463 e. The molecule has 6 heteroatoms. The summed E-state index contributed by atoms with van der Waals surface area (Å²) in [6.45, 7) is 5.13. The van der Waals surface area contributed by atoms with Gasteiger partial charge in [0.25, 0.3) is 0 Å². The van der Waals surface area contributed by atoms with Crippen molar-refractivity contribution in [2.24, 2.45) is 4.99 Å². The van der Waals surface area contributed by atoms with Crippen LogP contribution in [-0.2, 0) is 9.53 Å². The van der Waals surface area contributed by atoms with Gasteiger partial charge < -0.3 is 15.4 Å². The number of unbranched alkanes of at least 4 members (excludes halogenated alkanes) is 1. The average molecular weight is 289 g/mol. The molecule has 0 aliphatic heterocycles. The quantitative estimate of drug-likeness (QED) is 0.292. The number of nitrogens with zero attached hydrogens (tertiary/aromatic N) is 1. The third kappa shape index (κ3) is 11.9. The summed E-state index contributed by atoms with van der Waals surface area (Å²) >= 11 is 1.86. The number of rotatable bonds is 9. The van der Waals surface area contributed by atoms with E-state index in [0.717, 1.165) is 18.9 Å². The summed E-state index contributed by atoms with van der Waals surface area (Å²) in [5, 5.41) is 6.32. The van der Waals surface area contributed by atoms with E-state index in [1.165, 1.54) is 12.2 Å². The van der Waals surface area contributed by atoms with Crippen molar-refractivity contribution in [2.75, 3.05) is 32.1 Å². The predicted molar refractivity (Wildman–Crippen MR) is 82.8 cm³/mol. The highest BCUT2D eigenvalue weighted by atomic mass is 32.2. The van der Waals surface area contributed by atoms with E-state index in [9.17, 15) is 4.79 Å². The van der Waals surface area contributed by atoms with Gasteiger partial charge in [-0.2, -0.15) is 11.8 Å². The van der Waals surface area contributed by atoms with Gasteiger partial charge in [-0.25, -0.2) is 0 Å². The molecule has 0 aromatic heterocycles. The molecule has 0 fully saturated rings. The summed E-state index contributed by atoms with van der Waals surface area (Å²) in [5.74, 6) is 1.74. The maximum atomic E-state index is 11.3. The second-order valence-electron chi connectivity index (χ2n) is 4.41. The number of carbonyl (C=O) groups excluding carboxylic acids is 1. The van der Waals surface area contributed by atoms with Crippen LogP contribution in [0, 0.1) is 0 Å². The molecular formula is C13H27N3O2S. The number of esters is 1. The molecule has 0 amide bonds. The smallest absolute Gasteiger partial charge is 0.307 e. The molecule has 0 bridgehead atoms. The van der Waals surface area contributed by atoms with Gasteiger partial charge in [-0.1, -0.05) is 0 Å². The van der Waals surface area contributed by atoms with E-state index in [1.807, 2.05) is 25.6 Å². The van der Waals surface area contributed by atoms with Crippen LogP contribution in [0.15, 0.2) is 4.99 Å². The maximum Gasteiger partial charge on any atom is 0.307 e. The Bertz CT molecular complexity index is 271. The zero-order valence-electron chi connectivity index (χ0n) is 12.5. The van der Waals surface area contributed by atoms with Crippen molar-refractivity contribution in [3.63, 3.8) is 0 Å². The van der Waals surface area contributed by atoms with E-state index < -0.39 is 0 Å². The molecule has 0 heterocycles. The minimum atomic E-state index is -0.182. The van der Waals surface area contributed by atoms with Crippen LogP contribution in [0.5, 0.6) is 0 Å². The molecule has 0 saturated carbocycles. The number of ether oxygens (including phenoxy) is 1. The molecule has 5 nitrogen and oxygen atoms in total. The van der Waals surface area contributed by atoms with Crippen LogP contribution in [0.3, 0.4) is 0 Å². The highest BCUT2D eigenvalue weighted by Gasteiger charge is 2.05. The Balaban J connectivity index is 3.63. The summed E-state index contributed by atoms with van der Waals surface area (Å²) in [6.07, 6.45) is 4.74. The number of guanidine groups is 1. The fourth-order valence-electron chi connectivity index (χ4n) is 1.40. The third-order valence-corrected chi connectivity index (χ3v) is 2.98. The van der Waals surface area contributed by atoms with Crippen molar-refractivity contribution in [1.82, 2.24) is 10.6 Å². The molecule has 0 rings (SSSR count). The largest absolute Gasteiger partial charge is 0.463 e. The molecule has 0 unspecified atom stereocenters. The summed E-state index contributed by atoms with van der Waals surface area (Å²) in [4.78, 5) is 15.4. The first-order valence-electron chi connectivity index (χ1n) is 6.73. The normalized spacial score (nSPS) is 11.5. The maximum absolute atomic E-state index is 11.3. The van der Waals surface area contributed by atoms with Crippen LogP contribution in [0.4, 0.5) is 0 Å². The van der Waals surface area contributed by atoms with Crippen LogP contribution >= 0.6 is 11.8 Å². The SMILES string of the molecule is CN=C(NCCCCSC)NCCC(=O)OC(C)C. The summed E-state index contributed by atoms with van der Waals surface area (Å²) < 4.78 is 5.05. The molecule has 2 N–H and O–H groups in total. The van der Waals surface area contributed by atoms with Gasteiger partial charge in [0.05, 0.1) is 12.5 Å². The molecule has 0 radical (unpaired) electrons. The second kappa shape index (κ2) is 12.1. The first-order chi connectivity index (χ1) is 9.10. The lowest BCUT2D eigenvalue weighted by Crippen LogP contribution is -2.39. The summed E-state index contributed by atoms with van der Waals surface area (Å²) in [6, 6.07) is 0. The topological polar surface area (TPSA) is 62.7 Å². The van der Waals surface area contributed by atoms with Crippen molar-refractivity contribution >= 4 is 23.7 Å². The molecule has 0 spiro atoms. The average Bonchev–Trinajstić information content (AvgIpc) is 2.35. The summed E-state index contributed by atoms with van der Waals surface area (Å²) in [5.41, 5.74) is 0. The van der Waals surface area contributed by atoms with E-state index >= 15 is 0 Å². The number of carbonyl (C=O) groups is 1. The Kier molecular flexibility index (Phi) is 11.6. The van der Waals surface area contributed by atoms with Crippen LogP contribution in [0.1, 0.15) is 33.1 Å². The Morgan fingerprint density at radius 1 is 1.26 bits per heavy atom. The predicted octanol–water partition coefficient (Wildman–Crippen LogP) is 1.64. The van der Waals surface area contributed by atoms with Crippen molar-refractivity contribution in [2.45, 2.75) is 39.2 Å². The number of hydrogen-bond acceptors (Lipinski definition) is 4. The number of thioether (sulfide) groups is 1. The highest BCUT2D eigenvalue weighted by molar-refractivity contribution is 7.98. The zero-order valence-corrected chi connectivity index (χ0v) is 13.3. The Morgan fingerprint density at radius 3 is 2.53 bits per heavy atom. The Hall–Kier alpha value is -0.910. The standard InChI is InChI=1S/C13H27N3O2S/c1-11(2)18-12(17)7-9-16-13(14-3)15-8-5-6-10-19-4/h11H,5-10H2,1-4H3,(H2,14,15,16). The van der Waals surface area contributed by atoms with Crippen LogP contribution < -0.4 is 10.6 Å². The lowest BCUT2D eigenvalue weighted by molar-refractivity contribution is -0.147. The van der Waals surface area contributed by atoms with Gasteiger partial charge >= 0.3 is 5.97 Å². The molecule has 0 aliphatic rings. The zero-order chi connectivity index (χ0) is 14.5. The first kappa shape index (κ1) is 18.1. The third-order valence-electron chi connectivity index (χ3n) is 2.28. The van der Waals surface area contributed by atoms with Crippen LogP contribution in [0.25, 0.3) is 0 Å². The summed E-state index contributed by atoms with van der Waals surface area (Å²) in [7, 11) is 1.73. The highest BCUT2D eigenvalue weighted by Crippen LogP contribution is 1.97. The number of aliphatic imine (C=N–C) groups is 1. The van der Waals surface area contributed by atoms with E-state index in [1.54, 1.807) is 7.05 Å². The van der Waals surface area contributed by atoms with Crippen molar-refractivity contribution in [3.05, 3.63) is 0 Å². The molecule has 19 heavy (non-hydrogen) atoms. The molecule has 0 aliphatic carbocycles. The van der Waals surface area contributed by atoms with Gasteiger partial charge in [-0.05, 0) is 38.7 Å². The molecule has 0 aromatic carbocycles. The molecule has 0 saturated heterocycles. The van der Waals surface area contributed by atoms with Gasteiger partial charge in [0.2, 0.25) is 0 Å². The molecule has 112 valence electrons. The van der Waals surface area contributed by atoms with Gasteiger partial charge in [0.15, 0.2) is 5.96 Å². The molecule has 0 atom stereocenters. The van der Waals surface area contributed by atoms with Crippen molar-refractivity contribution < 1.29 is 9.53 Å². The van der Waals surface area contributed by atoms with Crippen molar-refractivity contribution in [3.8, 4) is 0 Å². The van der Waals surface area contributed by atoms with Crippen molar-refractivity contribution in [1.29, 1.82) is 0 Å². The fourth-order valence-corrected chi connectivity index (χ4v) is 1.90. The monoisotopic (exact) mass is 289 g/mol. The van der Waals surface area contributed by atoms with Gasteiger partial charge in [-0.15, -0.1) is 0 Å².